The first-order valence-corrected chi connectivity index (χ1v) is 11.4. The van der Waals surface area contributed by atoms with Crippen LogP contribution in [0.4, 0.5) is 11.4 Å². The lowest BCUT2D eigenvalue weighted by Gasteiger charge is -2.52. The number of hydrogen-bond donors (Lipinski definition) is 2. The number of nitrogens with one attached hydrogen (secondary N) is 1. The van der Waals surface area contributed by atoms with Gasteiger partial charge >= 0.3 is 0 Å². The lowest BCUT2D eigenvalue weighted by atomic mass is 9.54. The minimum atomic E-state index is 0.634. The number of nitrogen functional groups attached to an aromatic ring is 1. The van der Waals surface area contributed by atoms with Crippen molar-refractivity contribution in [3.8, 4) is 0 Å². The molecule has 0 aliphatic heterocycles. The van der Waals surface area contributed by atoms with Gasteiger partial charge in [0.2, 0.25) is 0 Å². The number of nitrogens with two attached hydrogens (primary N) is 1. The van der Waals surface area contributed by atoms with Gasteiger partial charge in [-0.1, -0.05) is 50.7 Å². The monoisotopic (exact) mass is 352 g/mol. The van der Waals surface area contributed by atoms with Crippen molar-refractivity contribution in [3.05, 3.63) is 24.3 Å². The van der Waals surface area contributed by atoms with Crippen LogP contribution in [0.1, 0.15) is 70.6 Å². The van der Waals surface area contributed by atoms with E-state index in [1.54, 1.807) is 19.3 Å². The highest BCUT2D eigenvalue weighted by Crippen LogP contribution is 2.54. The van der Waals surface area contributed by atoms with Crippen LogP contribution in [0.3, 0.4) is 0 Å². The predicted molar refractivity (Wildman–Crippen MR) is 110 cm³/mol. The lowest BCUT2D eigenvalue weighted by Crippen LogP contribution is -2.46. The molecule has 4 aliphatic carbocycles. The molecule has 0 saturated heterocycles. The van der Waals surface area contributed by atoms with E-state index in [0.717, 1.165) is 46.9 Å². The quantitative estimate of drug-likeness (QED) is 0.646. The normalized spacial score (nSPS) is 42.2. The SMILES string of the molecule is Nc1ccccc1N[C@H]1C[C@H]2CCC[C@@H](C1)C2[C@H]1C[C@@H]2CCC[C@@H](C2)C1. The molecule has 0 aromatic heterocycles. The molecule has 142 valence electrons. The van der Waals surface area contributed by atoms with Gasteiger partial charge in [-0.2, -0.15) is 0 Å². The van der Waals surface area contributed by atoms with Gasteiger partial charge in [0.15, 0.2) is 0 Å². The molecule has 4 bridgehead atoms. The number of benzene rings is 1. The van der Waals surface area contributed by atoms with E-state index >= 15 is 0 Å². The first-order valence-electron chi connectivity index (χ1n) is 11.4. The summed E-state index contributed by atoms with van der Waals surface area (Å²) in [6.07, 6.45) is 16.5. The van der Waals surface area contributed by atoms with Crippen LogP contribution in [0.25, 0.3) is 0 Å². The fraction of sp³-hybridized carbons (Fsp3) is 0.750. The maximum atomic E-state index is 6.19. The van der Waals surface area contributed by atoms with Gasteiger partial charge in [-0.3, -0.25) is 0 Å². The molecular weight excluding hydrogens is 316 g/mol. The van der Waals surface area contributed by atoms with Crippen LogP contribution in [0, 0.1) is 35.5 Å². The zero-order valence-electron chi connectivity index (χ0n) is 16.2. The first kappa shape index (κ1) is 17.0. The number of anilines is 2. The van der Waals surface area contributed by atoms with Crippen molar-refractivity contribution in [1.29, 1.82) is 0 Å². The maximum Gasteiger partial charge on any atom is 0.0576 e. The molecule has 4 fully saturated rings. The maximum absolute atomic E-state index is 6.19. The molecule has 1 unspecified atom stereocenters. The molecule has 1 aromatic carbocycles. The Morgan fingerprint density at radius 1 is 0.731 bits per heavy atom. The van der Waals surface area contributed by atoms with Gasteiger partial charge in [0.25, 0.3) is 0 Å². The molecule has 0 radical (unpaired) electrons. The van der Waals surface area contributed by atoms with Gasteiger partial charge in [0, 0.05) is 6.04 Å². The Labute approximate surface area is 159 Å². The first-order chi connectivity index (χ1) is 12.8. The topological polar surface area (TPSA) is 38.0 Å². The summed E-state index contributed by atoms with van der Waals surface area (Å²) in [4.78, 5) is 0. The van der Waals surface area contributed by atoms with Gasteiger partial charge in [-0.05, 0) is 79.7 Å². The van der Waals surface area contributed by atoms with Crippen molar-refractivity contribution in [3.63, 3.8) is 0 Å². The predicted octanol–water partition coefficient (Wildman–Crippen LogP) is 6.09. The smallest absolute Gasteiger partial charge is 0.0576 e. The van der Waals surface area contributed by atoms with Crippen molar-refractivity contribution in [2.24, 2.45) is 35.5 Å². The summed E-state index contributed by atoms with van der Waals surface area (Å²) in [6, 6.07) is 8.95. The van der Waals surface area contributed by atoms with E-state index in [0.29, 0.717) is 6.04 Å². The molecule has 1 aromatic rings. The fourth-order valence-corrected chi connectivity index (χ4v) is 7.62. The second-order valence-corrected chi connectivity index (χ2v) is 10.1. The highest BCUT2D eigenvalue weighted by molar-refractivity contribution is 5.66. The molecular formula is C24H36N2. The molecule has 0 heterocycles. The third-order valence-corrected chi connectivity index (χ3v) is 8.44. The summed E-state index contributed by atoms with van der Waals surface area (Å²) in [6.45, 7) is 0. The Bertz CT molecular complexity index is 600. The van der Waals surface area contributed by atoms with Gasteiger partial charge in [-0.15, -0.1) is 0 Å². The molecule has 4 saturated carbocycles. The third kappa shape index (κ3) is 3.25. The van der Waals surface area contributed by atoms with E-state index in [1.165, 1.54) is 51.4 Å². The van der Waals surface area contributed by atoms with Gasteiger partial charge in [0.1, 0.15) is 0 Å². The minimum absolute atomic E-state index is 0.634. The zero-order valence-corrected chi connectivity index (χ0v) is 16.2. The molecule has 0 amide bonds. The average Bonchev–Trinajstić information content (AvgIpc) is 2.62. The van der Waals surface area contributed by atoms with Crippen molar-refractivity contribution >= 4 is 11.4 Å². The lowest BCUT2D eigenvalue weighted by molar-refractivity contribution is -0.00750. The highest BCUT2D eigenvalue weighted by Gasteiger charge is 2.46. The zero-order chi connectivity index (χ0) is 17.5. The molecule has 7 atom stereocenters. The van der Waals surface area contributed by atoms with Crippen LogP contribution in [-0.2, 0) is 0 Å². The molecule has 26 heavy (non-hydrogen) atoms. The van der Waals surface area contributed by atoms with Crippen molar-refractivity contribution in [2.75, 3.05) is 11.1 Å². The summed E-state index contributed by atoms with van der Waals surface area (Å²) in [5.74, 6) is 6.18. The van der Waals surface area contributed by atoms with Crippen LogP contribution in [-0.4, -0.2) is 6.04 Å². The standard InChI is InChI=1S/C24H36N2/c25-22-9-1-2-10-23(22)26-21-14-18-7-4-8-19(15-21)24(18)20-12-16-5-3-6-17(11-16)13-20/h1-2,9-10,16-21,24,26H,3-8,11-15,25H2/t16-,17+,18-,19+,20+,21+,24?. The molecule has 2 nitrogen and oxygen atoms in total. The Balaban J connectivity index is 1.29. The van der Waals surface area contributed by atoms with E-state index in [9.17, 15) is 0 Å². The Morgan fingerprint density at radius 3 is 2.08 bits per heavy atom. The summed E-state index contributed by atoms with van der Waals surface area (Å²) in [5, 5.41) is 3.82. The Hall–Kier alpha value is -1.18. The van der Waals surface area contributed by atoms with Crippen molar-refractivity contribution in [1.82, 2.24) is 0 Å². The number of fused-ring (bicyclic) bond motifs is 4. The summed E-state index contributed by atoms with van der Waals surface area (Å²) >= 11 is 0. The number of para-hydroxylation sites is 2. The van der Waals surface area contributed by atoms with Gasteiger partial charge in [-0.25, -0.2) is 0 Å². The largest absolute Gasteiger partial charge is 0.397 e. The molecule has 2 heteroatoms. The minimum Gasteiger partial charge on any atom is -0.397 e. The van der Waals surface area contributed by atoms with Gasteiger partial charge in [0.05, 0.1) is 11.4 Å². The Morgan fingerprint density at radius 2 is 1.38 bits per heavy atom. The number of hydrogen-bond acceptors (Lipinski definition) is 2. The third-order valence-electron chi connectivity index (χ3n) is 8.44. The van der Waals surface area contributed by atoms with Crippen LogP contribution in [0.15, 0.2) is 24.3 Å². The van der Waals surface area contributed by atoms with Crippen LogP contribution in [0.2, 0.25) is 0 Å². The van der Waals surface area contributed by atoms with Crippen LogP contribution in [0.5, 0.6) is 0 Å². The summed E-state index contributed by atoms with van der Waals surface area (Å²) in [7, 11) is 0. The van der Waals surface area contributed by atoms with E-state index in [4.69, 9.17) is 5.73 Å². The molecule has 3 N–H and O–H groups in total. The van der Waals surface area contributed by atoms with Crippen LogP contribution < -0.4 is 11.1 Å². The molecule has 0 spiro atoms. The van der Waals surface area contributed by atoms with E-state index < -0.39 is 0 Å². The second-order valence-electron chi connectivity index (χ2n) is 10.1. The fourth-order valence-electron chi connectivity index (χ4n) is 7.62. The van der Waals surface area contributed by atoms with Crippen molar-refractivity contribution < 1.29 is 0 Å². The Kier molecular flexibility index (Phi) is 4.63. The van der Waals surface area contributed by atoms with E-state index in [1.807, 2.05) is 12.1 Å². The van der Waals surface area contributed by atoms with Crippen LogP contribution >= 0.6 is 0 Å². The van der Waals surface area contributed by atoms with E-state index in [2.05, 4.69) is 17.4 Å². The second kappa shape index (κ2) is 7.09. The number of rotatable bonds is 3. The summed E-state index contributed by atoms with van der Waals surface area (Å²) < 4.78 is 0. The molecule has 4 aliphatic rings. The summed E-state index contributed by atoms with van der Waals surface area (Å²) in [5.41, 5.74) is 8.24. The molecule has 5 rings (SSSR count). The average molecular weight is 353 g/mol. The van der Waals surface area contributed by atoms with E-state index in [-0.39, 0.29) is 0 Å². The highest BCUT2D eigenvalue weighted by atomic mass is 14.9. The van der Waals surface area contributed by atoms with Gasteiger partial charge < -0.3 is 11.1 Å². The van der Waals surface area contributed by atoms with Crippen molar-refractivity contribution in [2.45, 2.75) is 76.7 Å².